The smallest absolute Gasteiger partial charge is 0.330 e. The predicted octanol–water partition coefficient (Wildman–Crippen LogP) is 1.32. The van der Waals surface area contributed by atoms with Crippen molar-refractivity contribution in [2.75, 3.05) is 6.54 Å². The minimum Gasteiger partial charge on any atom is -0.330 e. The van der Waals surface area contributed by atoms with E-state index in [2.05, 4.69) is 18.8 Å². The van der Waals surface area contributed by atoms with Gasteiger partial charge < -0.3 is 5.73 Å². The lowest BCUT2D eigenvalue weighted by Gasteiger charge is -2.22. The van der Waals surface area contributed by atoms with Crippen LogP contribution >= 0.6 is 0 Å². The Morgan fingerprint density at radius 1 is 1.50 bits per heavy atom. The first-order valence-electron chi connectivity index (χ1n) is 5.68. The summed E-state index contributed by atoms with van der Waals surface area (Å²) in [7, 11) is 0. The molecule has 0 radical (unpaired) electrons. The Labute approximate surface area is 96.5 Å². The summed E-state index contributed by atoms with van der Waals surface area (Å²) in [4.78, 5) is 15.2. The van der Waals surface area contributed by atoms with Gasteiger partial charge in [0.2, 0.25) is 0 Å². The van der Waals surface area contributed by atoms with Gasteiger partial charge in [-0.05, 0) is 37.3 Å². The fourth-order valence-corrected chi connectivity index (χ4v) is 1.56. The van der Waals surface area contributed by atoms with Gasteiger partial charge in [-0.25, -0.2) is 9.78 Å². The summed E-state index contributed by atoms with van der Waals surface area (Å²) in [5.41, 5.74) is 6.65. The second-order valence-electron chi connectivity index (χ2n) is 5.08. The summed E-state index contributed by atoms with van der Waals surface area (Å²) in [6.45, 7) is 7.62. The SMILES string of the molecule is Cc1cnc(=O)n(CCCC(C)(C)CN)c1. The molecule has 0 unspecified atom stereocenters. The molecule has 0 aliphatic heterocycles. The zero-order valence-corrected chi connectivity index (χ0v) is 10.4. The highest BCUT2D eigenvalue weighted by Crippen LogP contribution is 2.20. The third-order valence-electron chi connectivity index (χ3n) is 2.79. The maximum Gasteiger partial charge on any atom is 0.347 e. The summed E-state index contributed by atoms with van der Waals surface area (Å²) >= 11 is 0. The Morgan fingerprint density at radius 2 is 2.19 bits per heavy atom. The van der Waals surface area contributed by atoms with Crippen LogP contribution < -0.4 is 11.4 Å². The van der Waals surface area contributed by atoms with E-state index in [1.807, 2.05) is 13.1 Å². The number of nitrogens with zero attached hydrogens (tertiary/aromatic N) is 2. The van der Waals surface area contributed by atoms with Crippen molar-refractivity contribution in [1.82, 2.24) is 9.55 Å². The second kappa shape index (κ2) is 5.25. The maximum absolute atomic E-state index is 11.4. The second-order valence-corrected chi connectivity index (χ2v) is 5.08. The van der Waals surface area contributed by atoms with Gasteiger partial charge in [0, 0.05) is 18.9 Å². The standard InChI is InChI=1S/C12H21N3O/c1-10-7-14-11(16)15(8-10)6-4-5-12(2,3)9-13/h7-8H,4-6,9,13H2,1-3H3. The van der Waals surface area contributed by atoms with Crippen molar-refractivity contribution < 1.29 is 0 Å². The van der Waals surface area contributed by atoms with Crippen molar-refractivity contribution in [2.45, 2.75) is 40.2 Å². The van der Waals surface area contributed by atoms with Gasteiger partial charge in [0.1, 0.15) is 0 Å². The predicted molar refractivity (Wildman–Crippen MR) is 65.3 cm³/mol. The summed E-state index contributed by atoms with van der Waals surface area (Å²) in [5, 5.41) is 0. The van der Waals surface area contributed by atoms with Gasteiger partial charge in [-0.3, -0.25) is 4.57 Å². The molecule has 0 spiro atoms. The molecule has 1 rings (SSSR count). The van der Waals surface area contributed by atoms with Crippen LogP contribution in [-0.4, -0.2) is 16.1 Å². The fraction of sp³-hybridized carbons (Fsp3) is 0.667. The molecular weight excluding hydrogens is 202 g/mol. The first kappa shape index (κ1) is 12.9. The molecule has 90 valence electrons. The zero-order chi connectivity index (χ0) is 12.2. The Morgan fingerprint density at radius 3 is 2.81 bits per heavy atom. The van der Waals surface area contributed by atoms with Crippen LogP contribution in [0.25, 0.3) is 0 Å². The molecule has 0 amide bonds. The van der Waals surface area contributed by atoms with E-state index in [4.69, 9.17) is 5.73 Å². The van der Waals surface area contributed by atoms with Crippen molar-refractivity contribution in [3.63, 3.8) is 0 Å². The van der Waals surface area contributed by atoms with Gasteiger partial charge in [-0.1, -0.05) is 13.8 Å². The molecule has 0 aliphatic carbocycles. The number of aromatic nitrogens is 2. The normalized spacial score (nSPS) is 11.8. The summed E-state index contributed by atoms with van der Waals surface area (Å²) in [6, 6.07) is 0. The van der Waals surface area contributed by atoms with Crippen LogP contribution in [0.5, 0.6) is 0 Å². The molecule has 16 heavy (non-hydrogen) atoms. The lowest BCUT2D eigenvalue weighted by atomic mass is 9.88. The minimum absolute atomic E-state index is 0.154. The fourth-order valence-electron chi connectivity index (χ4n) is 1.56. The van der Waals surface area contributed by atoms with Crippen LogP contribution in [0.15, 0.2) is 17.2 Å². The lowest BCUT2D eigenvalue weighted by Crippen LogP contribution is -2.26. The van der Waals surface area contributed by atoms with Gasteiger partial charge in [0.15, 0.2) is 0 Å². The molecule has 0 aliphatic rings. The van der Waals surface area contributed by atoms with E-state index in [9.17, 15) is 4.79 Å². The first-order valence-corrected chi connectivity index (χ1v) is 5.68. The molecule has 4 nitrogen and oxygen atoms in total. The Bertz CT molecular complexity index is 395. The highest BCUT2D eigenvalue weighted by Gasteiger charge is 2.14. The van der Waals surface area contributed by atoms with Crippen molar-refractivity contribution in [2.24, 2.45) is 11.1 Å². The first-order chi connectivity index (χ1) is 7.44. The molecule has 0 saturated carbocycles. The topological polar surface area (TPSA) is 60.9 Å². The average molecular weight is 223 g/mol. The molecular formula is C12H21N3O. The number of hydrogen-bond acceptors (Lipinski definition) is 3. The van der Waals surface area contributed by atoms with E-state index in [1.54, 1.807) is 10.8 Å². The minimum atomic E-state index is -0.170. The summed E-state index contributed by atoms with van der Waals surface area (Å²) < 4.78 is 1.67. The van der Waals surface area contributed by atoms with Crippen molar-refractivity contribution in [3.8, 4) is 0 Å². The van der Waals surface area contributed by atoms with E-state index in [0.717, 1.165) is 24.9 Å². The van der Waals surface area contributed by atoms with E-state index in [0.29, 0.717) is 6.54 Å². The molecule has 1 heterocycles. The van der Waals surface area contributed by atoms with Crippen LogP contribution in [-0.2, 0) is 6.54 Å². The molecule has 1 aromatic heterocycles. The van der Waals surface area contributed by atoms with Crippen LogP contribution in [0, 0.1) is 12.3 Å². The molecule has 0 atom stereocenters. The highest BCUT2D eigenvalue weighted by atomic mass is 16.1. The van der Waals surface area contributed by atoms with Gasteiger partial charge >= 0.3 is 5.69 Å². The van der Waals surface area contributed by atoms with E-state index in [-0.39, 0.29) is 11.1 Å². The van der Waals surface area contributed by atoms with Crippen molar-refractivity contribution in [3.05, 3.63) is 28.4 Å². The van der Waals surface area contributed by atoms with Crippen LogP contribution in [0.4, 0.5) is 0 Å². The van der Waals surface area contributed by atoms with Gasteiger partial charge in [0.05, 0.1) is 0 Å². The van der Waals surface area contributed by atoms with Crippen molar-refractivity contribution in [1.29, 1.82) is 0 Å². The molecule has 0 saturated heterocycles. The maximum atomic E-state index is 11.4. The Hall–Kier alpha value is -1.16. The van der Waals surface area contributed by atoms with E-state index < -0.39 is 0 Å². The number of aryl methyl sites for hydroxylation is 2. The molecule has 0 fully saturated rings. The Balaban J connectivity index is 2.55. The summed E-state index contributed by atoms with van der Waals surface area (Å²) in [6.07, 6.45) is 5.42. The molecule has 2 N–H and O–H groups in total. The monoisotopic (exact) mass is 223 g/mol. The van der Waals surface area contributed by atoms with Gasteiger partial charge in [-0.2, -0.15) is 0 Å². The van der Waals surface area contributed by atoms with Gasteiger partial charge in [-0.15, -0.1) is 0 Å². The van der Waals surface area contributed by atoms with E-state index >= 15 is 0 Å². The number of hydrogen-bond donors (Lipinski definition) is 1. The highest BCUT2D eigenvalue weighted by molar-refractivity contribution is 4.99. The molecule has 4 heteroatoms. The van der Waals surface area contributed by atoms with Crippen LogP contribution in [0.1, 0.15) is 32.3 Å². The number of rotatable bonds is 5. The number of nitrogens with two attached hydrogens (primary N) is 1. The zero-order valence-electron chi connectivity index (χ0n) is 10.4. The van der Waals surface area contributed by atoms with Crippen LogP contribution in [0.2, 0.25) is 0 Å². The molecule has 1 aromatic rings. The van der Waals surface area contributed by atoms with Crippen LogP contribution in [0.3, 0.4) is 0 Å². The summed E-state index contributed by atoms with van der Waals surface area (Å²) in [5.74, 6) is 0. The van der Waals surface area contributed by atoms with Crippen molar-refractivity contribution >= 4 is 0 Å². The largest absolute Gasteiger partial charge is 0.347 e. The lowest BCUT2D eigenvalue weighted by molar-refractivity contribution is 0.326. The van der Waals surface area contributed by atoms with Gasteiger partial charge in [0.25, 0.3) is 0 Å². The molecule has 0 bridgehead atoms. The quantitative estimate of drug-likeness (QED) is 0.819. The molecule has 0 aromatic carbocycles. The Kier molecular flexibility index (Phi) is 4.24. The third-order valence-corrected chi connectivity index (χ3v) is 2.79. The third kappa shape index (κ3) is 3.77. The average Bonchev–Trinajstić information content (AvgIpc) is 2.23. The van der Waals surface area contributed by atoms with E-state index in [1.165, 1.54) is 0 Å².